The van der Waals surface area contributed by atoms with Gasteiger partial charge in [-0.25, -0.2) is 0 Å². The van der Waals surface area contributed by atoms with Gasteiger partial charge < -0.3 is 15.2 Å². The zero-order valence-corrected chi connectivity index (χ0v) is 10.6. The highest BCUT2D eigenvalue weighted by molar-refractivity contribution is 5.37. The second-order valence-electron chi connectivity index (χ2n) is 4.55. The van der Waals surface area contributed by atoms with Crippen molar-refractivity contribution in [3.05, 3.63) is 53.9 Å². The molecule has 19 heavy (non-hydrogen) atoms. The van der Waals surface area contributed by atoms with E-state index in [0.717, 1.165) is 23.6 Å². The summed E-state index contributed by atoms with van der Waals surface area (Å²) in [5, 5.41) is 0. The number of hydrogen-bond donors (Lipinski definition) is 1. The van der Waals surface area contributed by atoms with E-state index in [1.54, 1.807) is 6.20 Å². The maximum atomic E-state index is 5.81. The molecule has 0 saturated carbocycles. The van der Waals surface area contributed by atoms with Gasteiger partial charge in [-0.15, -0.1) is 0 Å². The summed E-state index contributed by atoms with van der Waals surface area (Å²) in [6, 6.07) is 11.9. The molecule has 4 nitrogen and oxygen atoms in total. The maximum absolute atomic E-state index is 5.81. The van der Waals surface area contributed by atoms with Gasteiger partial charge in [0.1, 0.15) is 24.2 Å². The standard InChI is InChI=1S/C15H16N2O2/c16-8-12-5-6-13(9-17-12)18-10-14-7-11-3-1-2-4-15(11)19-14/h1-6,9,14H,7-8,10,16H2. The molecule has 0 spiro atoms. The molecule has 1 aliphatic rings. The minimum absolute atomic E-state index is 0.0755. The number of nitrogens with two attached hydrogens (primary N) is 1. The van der Waals surface area contributed by atoms with Crippen LogP contribution in [0.1, 0.15) is 11.3 Å². The number of hydrogen-bond acceptors (Lipinski definition) is 4. The van der Waals surface area contributed by atoms with Gasteiger partial charge >= 0.3 is 0 Å². The minimum Gasteiger partial charge on any atom is -0.488 e. The van der Waals surface area contributed by atoms with Crippen LogP contribution in [0.4, 0.5) is 0 Å². The fourth-order valence-corrected chi connectivity index (χ4v) is 2.15. The van der Waals surface area contributed by atoms with Crippen LogP contribution < -0.4 is 15.2 Å². The lowest BCUT2D eigenvalue weighted by Crippen LogP contribution is -2.22. The van der Waals surface area contributed by atoms with Crippen LogP contribution in [0.25, 0.3) is 0 Å². The Morgan fingerprint density at radius 1 is 1.26 bits per heavy atom. The Labute approximate surface area is 112 Å². The molecule has 98 valence electrons. The van der Waals surface area contributed by atoms with Crippen molar-refractivity contribution in [2.24, 2.45) is 5.73 Å². The second-order valence-corrected chi connectivity index (χ2v) is 4.55. The molecule has 4 heteroatoms. The topological polar surface area (TPSA) is 57.4 Å². The second kappa shape index (κ2) is 5.28. The van der Waals surface area contributed by atoms with Gasteiger partial charge in [0.15, 0.2) is 0 Å². The van der Waals surface area contributed by atoms with Gasteiger partial charge in [-0.3, -0.25) is 4.98 Å². The number of ether oxygens (including phenoxy) is 2. The fourth-order valence-electron chi connectivity index (χ4n) is 2.15. The summed E-state index contributed by atoms with van der Waals surface area (Å²) >= 11 is 0. The predicted molar refractivity (Wildman–Crippen MR) is 72.2 cm³/mol. The van der Waals surface area contributed by atoms with Gasteiger partial charge in [0.2, 0.25) is 0 Å². The molecule has 3 rings (SSSR count). The van der Waals surface area contributed by atoms with E-state index in [4.69, 9.17) is 15.2 Å². The summed E-state index contributed by atoms with van der Waals surface area (Å²) in [5.74, 6) is 1.71. The van der Waals surface area contributed by atoms with Crippen molar-refractivity contribution in [3.63, 3.8) is 0 Å². The summed E-state index contributed by atoms with van der Waals surface area (Å²) in [6.45, 7) is 0.972. The van der Waals surface area contributed by atoms with Crippen LogP contribution in [0.15, 0.2) is 42.6 Å². The highest BCUT2D eigenvalue weighted by Gasteiger charge is 2.22. The van der Waals surface area contributed by atoms with Gasteiger partial charge in [0, 0.05) is 13.0 Å². The third-order valence-corrected chi connectivity index (χ3v) is 3.16. The Morgan fingerprint density at radius 2 is 2.16 bits per heavy atom. The van der Waals surface area contributed by atoms with Crippen molar-refractivity contribution in [3.8, 4) is 11.5 Å². The third-order valence-electron chi connectivity index (χ3n) is 3.16. The Kier molecular flexibility index (Phi) is 3.33. The molecular formula is C15H16N2O2. The first kappa shape index (κ1) is 12.0. The highest BCUT2D eigenvalue weighted by atomic mass is 16.5. The Balaban J connectivity index is 1.56. The summed E-state index contributed by atoms with van der Waals surface area (Å²) in [6.07, 6.45) is 2.67. The molecule has 0 fully saturated rings. The predicted octanol–water partition coefficient (Wildman–Crippen LogP) is 1.92. The van der Waals surface area contributed by atoms with E-state index in [2.05, 4.69) is 11.1 Å². The molecule has 0 radical (unpaired) electrons. The minimum atomic E-state index is 0.0755. The van der Waals surface area contributed by atoms with Crippen molar-refractivity contribution >= 4 is 0 Å². The first-order valence-electron chi connectivity index (χ1n) is 6.37. The number of pyridine rings is 1. The van der Waals surface area contributed by atoms with Crippen molar-refractivity contribution in [1.82, 2.24) is 4.98 Å². The number of para-hydroxylation sites is 1. The van der Waals surface area contributed by atoms with Crippen LogP contribution in [0.5, 0.6) is 11.5 Å². The van der Waals surface area contributed by atoms with Crippen LogP contribution in [0, 0.1) is 0 Å². The number of aromatic nitrogens is 1. The summed E-state index contributed by atoms with van der Waals surface area (Å²) < 4.78 is 11.5. The first-order chi connectivity index (χ1) is 9.35. The number of benzene rings is 1. The average Bonchev–Trinajstić information content (AvgIpc) is 2.88. The number of fused-ring (bicyclic) bond motifs is 1. The van der Waals surface area contributed by atoms with Crippen LogP contribution in [-0.4, -0.2) is 17.7 Å². The van der Waals surface area contributed by atoms with Crippen LogP contribution in [-0.2, 0) is 13.0 Å². The molecule has 0 amide bonds. The molecule has 1 aromatic carbocycles. The maximum Gasteiger partial charge on any atom is 0.137 e. The van der Waals surface area contributed by atoms with Gasteiger partial charge in [-0.1, -0.05) is 18.2 Å². The van der Waals surface area contributed by atoms with E-state index in [-0.39, 0.29) is 6.10 Å². The molecule has 2 N–H and O–H groups in total. The van der Waals surface area contributed by atoms with Gasteiger partial charge in [0.05, 0.1) is 11.9 Å². The first-order valence-corrected chi connectivity index (χ1v) is 6.37. The summed E-state index contributed by atoms with van der Waals surface area (Å²) in [4.78, 5) is 4.19. The summed E-state index contributed by atoms with van der Waals surface area (Å²) in [7, 11) is 0. The van der Waals surface area contributed by atoms with E-state index >= 15 is 0 Å². The van der Waals surface area contributed by atoms with E-state index in [1.165, 1.54) is 5.56 Å². The lowest BCUT2D eigenvalue weighted by atomic mass is 10.1. The molecule has 0 aliphatic carbocycles. The van der Waals surface area contributed by atoms with Crippen LogP contribution >= 0.6 is 0 Å². The quantitative estimate of drug-likeness (QED) is 0.908. The lowest BCUT2D eigenvalue weighted by molar-refractivity contribution is 0.148. The van der Waals surface area contributed by atoms with Crippen LogP contribution in [0.2, 0.25) is 0 Å². The van der Waals surface area contributed by atoms with Gasteiger partial charge in [-0.2, -0.15) is 0 Å². The number of rotatable bonds is 4. The SMILES string of the molecule is NCc1ccc(OCC2Cc3ccccc3O2)cn1. The normalized spacial score (nSPS) is 16.8. The third kappa shape index (κ3) is 2.69. The molecule has 1 atom stereocenters. The Bertz CT molecular complexity index is 529. The van der Waals surface area contributed by atoms with E-state index in [1.807, 2.05) is 30.3 Å². The van der Waals surface area contributed by atoms with Gasteiger partial charge in [0.25, 0.3) is 0 Å². The number of nitrogens with zero attached hydrogens (tertiary/aromatic N) is 1. The monoisotopic (exact) mass is 256 g/mol. The Morgan fingerprint density at radius 3 is 2.89 bits per heavy atom. The molecule has 2 aromatic rings. The van der Waals surface area contributed by atoms with Crippen molar-refractivity contribution < 1.29 is 9.47 Å². The Hall–Kier alpha value is -2.07. The molecule has 1 aromatic heterocycles. The molecule has 0 saturated heterocycles. The molecule has 0 bridgehead atoms. The largest absolute Gasteiger partial charge is 0.488 e. The van der Waals surface area contributed by atoms with Crippen molar-refractivity contribution in [2.45, 2.75) is 19.1 Å². The molecule has 1 unspecified atom stereocenters. The van der Waals surface area contributed by atoms with E-state index in [9.17, 15) is 0 Å². The zero-order chi connectivity index (χ0) is 13.1. The molecule has 1 aliphatic heterocycles. The average molecular weight is 256 g/mol. The highest BCUT2D eigenvalue weighted by Crippen LogP contribution is 2.28. The zero-order valence-electron chi connectivity index (χ0n) is 10.6. The van der Waals surface area contributed by atoms with E-state index in [0.29, 0.717) is 13.2 Å². The van der Waals surface area contributed by atoms with Crippen molar-refractivity contribution in [2.75, 3.05) is 6.61 Å². The lowest BCUT2D eigenvalue weighted by Gasteiger charge is -2.12. The fraction of sp³-hybridized carbons (Fsp3) is 0.267. The van der Waals surface area contributed by atoms with Crippen LogP contribution in [0.3, 0.4) is 0 Å². The molecular weight excluding hydrogens is 240 g/mol. The van der Waals surface area contributed by atoms with Gasteiger partial charge in [-0.05, 0) is 23.8 Å². The summed E-state index contributed by atoms with van der Waals surface area (Å²) in [5.41, 5.74) is 7.60. The molecule has 2 heterocycles. The van der Waals surface area contributed by atoms with E-state index < -0.39 is 0 Å². The smallest absolute Gasteiger partial charge is 0.137 e. The van der Waals surface area contributed by atoms with Crippen molar-refractivity contribution in [1.29, 1.82) is 0 Å².